The summed E-state index contributed by atoms with van der Waals surface area (Å²) in [6, 6.07) is 16.8. The average Bonchev–Trinajstić information content (AvgIpc) is 2.61. The SMILES string of the molecule is C[C@@H]1CN(C(=O)COc2ccc(Oc3ccccc3)cc2)C[C@@H](C)O1. The lowest BCUT2D eigenvalue weighted by molar-refractivity contribution is -0.145. The van der Waals surface area contributed by atoms with Crippen LogP contribution < -0.4 is 9.47 Å². The van der Waals surface area contributed by atoms with E-state index in [0.717, 1.165) is 11.5 Å². The summed E-state index contributed by atoms with van der Waals surface area (Å²) in [5.74, 6) is 2.12. The van der Waals surface area contributed by atoms with E-state index in [9.17, 15) is 4.79 Å². The van der Waals surface area contributed by atoms with E-state index in [4.69, 9.17) is 14.2 Å². The van der Waals surface area contributed by atoms with Crippen LogP contribution in [0.15, 0.2) is 54.6 Å². The van der Waals surface area contributed by atoms with Crippen molar-refractivity contribution in [3.05, 3.63) is 54.6 Å². The molecule has 0 aromatic heterocycles. The molecule has 0 N–H and O–H groups in total. The average molecular weight is 341 g/mol. The number of carbonyl (C=O) groups excluding carboxylic acids is 1. The van der Waals surface area contributed by atoms with Gasteiger partial charge in [0.2, 0.25) is 0 Å². The van der Waals surface area contributed by atoms with Crippen molar-refractivity contribution in [2.45, 2.75) is 26.1 Å². The molecular formula is C20H23NO4. The Labute approximate surface area is 148 Å². The van der Waals surface area contributed by atoms with Crippen molar-refractivity contribution in [3.63, 3.8) is 0 Å². The molecule has 132 valence electrons. The molecule has 2 atom stereocenters. The van der Waals surface area contributed by atoms with Gasteiger partial charge in [-0.2, -0.15) is 0 Å². The molecular weight excluding hydrogens is 318 g/mol. The molecule has 0 spiro atoms. The van der Waals surface area contributed by atoms with Crippen molar-refractivity contribution in [2.24, 2.45) is 0 Å². The van der Waals surface area contributed by atoms with Crippen LogP contribution in [0.4, 0.5) is 0 Å². The third-order valence-electron chi connectivity index (χ3n) is 3.94. The minimum absolute atomic E-state index is 0.0217. The summed E-state index contributed by atoms with van der Waals surface area (Å²) in [5.41, 5.74) is 0. The zero-order chi connectivity index (χ0) is 17.6. The molecule has 25 heavy (non-hydrogen) atoms. The largest absolute Gasteiger partial charge is 0.484 e. The Kier molecular flexibility index (Phi) is 5.56. The standard InChI is InChI=1S/C20H23NO4/c1-15-12-21(13-16(2)24-15)20(22)14-23-17-8-10-19(11-9-17)25-18-6-4-3-5-7-18/h3-11,15-16H,12-14H2,1-2H3/t15-,16-/m1/s1. The van der Waals surface area contributed by atoms with Crippen molar-refractivity contribution in [2.75, 3.05) is 19.7 Å². The molecule has 1 fully saturated rings. The molecule has 3 rings (SSSR count). The Bertz CT molecular complexity index is 677. The van der Waals surface area contributed by atoms with E-state index in [1.807, 2.05) is 56.3 Å². The van der Waals surface area contributed by atoms with Crippen molar-refractivity contribution < 1.29 is 19.0 Å². The molecule has 1 saturated heterocycles. The number of ether oxygens (including phenoxy) is 3. The summed E-state index contributed by atoms with van der Waals surface area (Å²) < 4.78 is 17.0. The predicted octanol–water partition coefficient (Wildman–Crippen LogP) is 3.49. The highest BCUT2D eigenvalue weighted by Gasteiger charge is 2.25. The predicted molar refractivity (Wildman–Crippen MR) is 95.0 cm³/mol. The Morgan fingerprint density at radius 2 is 1.52 bits per heavy atom. The van der Waals surface area contributed by atoms with Gasteiger partial charge in [-0.3, -0.25) is 4.79 Å². The first-order chi connectivity index (χ1) is 12.1. The van der Waals surface area contributed by atoms with Crippen molar-refractivity contribution in [1.29, 1.82) is 0 Å². The molecule has 1 heterocycles. The molecule has 0 radical (unpaired) electrons. The molecule has 0 unspecified atom stereocenters. The minimum Gasteiger partial charge on any atom is -0.484 e. The van der Waals surface area contributed by atoms with Gasteiger partial charge in [0.25, 0.3) is 5.91 Å². The van der Waals surface area contributed by atoms with Crippen molar-refractivity contribution in [1.82, 2.24) is 4.90 Å². The van der Waals surface area contributed by atoms with E-state index >= 15 is 0 Å². The molecule has 1 aliphatic heterocycles. The third kappa shape index (κ3) is 4.97. The number of nitrogens with zero attached hydrogens (tertiary/aromatic N) is 1. The van der Waals surface area contributed by atoms with Crippen LogP contribution in [-0.2, 0) is 9.53 Å². The lowest BCUT2D eigenvalue weighted by Crippen LogP contribution is -2.49. The minimum atomic E-state index is -0.0217. The van der Waals surface area contributed by atoms with E-state index in [2.05, 4.69) is 0 Å². The smallest absolute Gasteiger partial charge is 0.260 e. The van der Waals surface area contributed by atoms with Gasteiger partial charge in [-0.1, -0.05) is 18.2 Å². The van der Waals surface area contributed by atoms with E-state index in [1.165, 1.54) is 0 Å². The number of para-hydroxylation sites is 1. The number of hydrogen-bond donors (Lipinski definition) is 0. The van der Waals surface area contributed by atoms with Crippen LogP contribution in [0.25, 0.3) is 0 Å². The molecule has 2 aromatic rings. The van der Waals surface area contributed by atoms with E-state index in [-0.39, 0.29) is 24.7 Å². The monoisotopic (exact) mass is 341 g/mol. The molecule has 0 aliphatic carbocycles. The van der Waals surface area contributed by atoms with E-state index in [1.54, 1.807) is 17.0 Å². The molecule has 2 aromatic carbocycles. The molecule has 0 saturated carbocycles. The highest BCUT2D eigenvalue weighted by Crippen LogP contribution is 2.23. The first-order valence-corrected chi connectivity index (χ1v) is 8.49. The van der Waals surface area contributed by atoms with Gasteiger partial charge in [-0.25, -0.2) is 0 Å². The first-order valence-electron chi connectivity index (χ1n) is 8.49. The van der Waals surface area contributed by atoms with Crippen LogP contribution in [0.3, 0.4) is 0 Å². The second kappa shape index (κ2) is 8.03. The summed E-state index contributed by atoms with van der Waals surface area (Å²) in [7, 11) is 0. The molecule has 1 aliphatic rings. The van der Waals surface area contributed by atoms with Gasteiger partial charge in [0, 0.05) is 13.1 Å². The summed E-state index contributed by atoms with van der Waals surface area (Å²) >= 11 is 0. The fraction of sp³-hybridized carbons (Fsp3) is 0.350. The van der Waals surface area contributed by atoms with Gasteiger partial charge < -0.3 is 19.1 Å². The quantitative estimate of drug-likeness (QED) is 0.835. The van der Waals surface area contributed by atoms with Gasteiger partial charge in [-0.15, -0.1) is 0 Å². The summed E-state index contributed by atoms with van der Waals surface area (Å²) in [5, 5.41) is 0. The summed E-state index contributed by atoms with van der Waals surface area (Å²) in [6.45, 7) is 5.19. The van der Waals surface area contributed by atoms with Crippen molar-refractivity contribution >= 4 is 5.91 Å². The van der Waals surface area contributed by atoms with Crippen LogP contribution in [0, 0.1) is 0 Å². The number of carbonyl (C=O) groups is 1. The van der Waals surface area contributed by atoms with Gasteiger partial charge in [0.15, 0.2) is 6.61 Å². The number of benzene rings is 2. The Balaban J connectivity index is 1.51. The maximum absolute atomic E-state index is 12.3. The number of hydrogen-bond acceptors (Lipinski definition) is 4. The zero-order valence-electron chi connectivity index (χ0n) is 14.6. The van der Waals surface area contributed by atoms with Crippen LogP contribution in [0.5, 0.6) is 17.2 Å². The molecule has 5 nitrogen and oxygen atoms in total. The highest BCUT2D eigenvalue weighted by molar-refractivity contribution is 5.78. The fourth-order valence-electron chi connectivity index (χ4n) is 2.85. The van der Waals surface area contributed by atoms with Gasteiger partial charge in [0.05, 0.1) is 12.2 Å². The third-order valence-corrected chi connectivity index (χ3v) is 3.94. The van der Waals surface area contributed by atoms with E-state index < -0.39 is 0 Å². The maximum Gasteiger partial charge on any atom is 0.260 e. The van der Waals surface area contributed by atoms with Gasteiger partial charge in [-0.05, 0) is 50.2 Å². The number of amides is 1. The Morgan fingerprint density at radius 3 is 2.16 bits per heavy atom. The fourth-order valence-corrected chi connectivity index (χ4v) is 2.85. The van der Waals surface area contributed by atoms with Crippen molar-refractivity contribution in [3.8, 4) is 17.2 Å². The molecule has 5 heteroatoms. The van der Waals surface area contributed by atoms with Crippen LogP contribution in [0.1, 0.15) is 13.8 Å². The van der Waals surface area contributed by atoms with Crippen LogP contribution in [-0.4, -0.2) is 42.7 Å². The Hall–Kier alpha value is -2.53. The summed E-state index contributed by atoms with van der Waals surface area (Å²) in [6.07, 6.45) is 0.115. The number of morpholine rings is 1. The van der Waals surface area contributed by atoms with E-state index in [0.29, 0.717) is 18.8 Å². The topological polar surface area (TPSA) is 48.0 Å². The number of rotatable bonds is 5. The molecule has 0 bridgehead atoms. The van der Waals surface area contributed by atoms with Crippen LogP contribution >= 0.6 is 0 Å². The maximum atomic E-state index is 12.3. The zero-order valence-corrected chi connectivity index (χ0v) is 14.6. The second-order valence-corrected chi connectivity index (χ2v) is 6.23. The van der Waals surface area contributed by atoms with Crippen LogP contribution in [0.2, 0.25) is 0 Å². The highest BCUT2D eigenvalue weighted by atomic mass is 16.5. The van der Waals surface area contributed by atoms with Gasteiger partial charge in [0.1, 0.15) is 17.2 Å². The Morgan fingerprint density at radius 1 is 0.960 bits per heavy atom. The second-order valence-electron chi connectivity index (χ2n) is 6.23. The molecule has 1 amide bonds. The lowest BCUT2D eigenvalue weighted by atomic mass is 10.2. The van der Waals surface area contributed by atoms with Gasteiger partial charge >= 0.3 is 0 Å². The lowest BCUT2D eigenvalue weighted by Gasteiger charge is -2.35. The first kappa shape index (κ1) is 17.3. The summed E-state index contributed by atoms with van der Waals surface area (Å²) in [4.78, 5) is 14.1. The normalized spacial score (nSPS) is 20.2.